The summed E-state index contributed by atoms with van der Waals surface area (Å²) in [5.74, 6) is 2.81. The van der Waals surface area contributed by atoms with Crippen LogP contribution in [0.2, 0.25) is 0 Å². The highest BCUT2D eigenvalue weighted by atomic mass is 16.5. The monoisotopic (exact) mass is 557 g/mol. The maximum Gasteiger partial charge on any atom is 0.248 e. The van der Waals surface area contributed by atoms with Gasteiger partial charge >= 0.3 is 0 Å². The molecule has 1 atom stereocenters. The fraction of sp³-hybridized carbons (Fsp3) is 0.206. The number of nitrogens with one attached hydrogen (secondary N) is 2. The summed E-state index contributed by atoms with van der Waals surface area (Å²) < 4.78 is 11.7. The van der Waals surface area contributed by atoms with Crippen molar-refractivity contribution in [3.05, 3.63) is 102 Å². The molecule has 4 aromatic rings. The Balaban J connectivity index is 1.42. The molecule has 0 spiro atoms. The lowest BCUT2D eigenvalue weighted by molar-refractivity contribution is -0.111. The van der Waals surface area contributed by atoms with Gasteiger partial charge in [-0.2, -0.15) is 5.26 Å². The summed E-state index contributed by atoms with van der Waals surface area (Å²) in [7, 11) is 2.00. The van der Waals surface area contributed by atoms with E-state index < -0.39 is 0 Å². The third kappa shape index (κ3) is 7.13. The van der Waals surface area contributed by atoms with Crippen molar-refractivity contribution in [2.45, 2.75) is 19.1 Å². The van der Waals surface area contributed by atoms with Crippen molar-refractivity contribution in [3.63, 3.8) is 0 Å². The second kappa shape index (κ2) is 13.5. The SMILES string of the molecule is C#Cc1cccc(Nc2c(C#N)cnc3cc(OC4CCOC4)c(NC(=O)C=CCN(C)Cc4ccccc4)cc23)c1. The predicted octanol–water partition coefficient (Wildman–Crippen LogP) is 5.63. The number of nitriles is 1. The van der Waals surface area contributed by atoms with Gasteiger partial charge in [-0.25, -0.2) is 0 Å². The molecule has 1 fully saturated rings. The van der Waals surface area contributed by atoms with Gasteiger partial charge in [0.05, 0.1) is 35.7 Å². The van der Waals surface area contributed by atoms with Crippen LogP contribution in [0.15, 0.2) is 85.1 Å². The molecule has 1 unspecified atom stereocenters. The number of nitrogens with zero attached hydrogens (tertiary/aromatic N) is 3. The Labute approximate surface area is 245 Å². The van der Waals surface area contributed by atoms with Crippen molar-refractivity contribution in [1.82, 2.24) is 9.88 Å². The van der Waals surface area contributed by atoms with Crippen molar-refractivity contribution in [3.8, 4) is 24.2 Å². The number of aromatic nitrogens is 1. The van der Waals surface area contributed by atoms with Gasteiger partial charge in [-0.3, -0.25) is 14.7 Å². The summed E-state index contributed by atoms with van der Waals surface area (Å²) in [6, 6.07) is 23.3. The van der Waals surface area contributed by atoms with Gasteiger partial charge in [-0.05, 0) is 36.9 Å². The molecule has 8 heteroatoms. The number of pyridine rings is 1. The van der Waals surface area contributed by atoms with Gasteiger partial charge in [0.15, 0.2) is 0 Å². The Bertz CT molecular complexity index is 1680. The zero-order valence-corrected chi connectivity index (χ0v) is 23.3. The molecule has 1 amide bonds. The summed E-state index contributed by atoms with van der Waals surface area (Å²) in [6.07, 6.45) is 11.1. The number of benzene rings is 3. The van der Waals surface area contributed by atoms with Gasteiger partial charge in [0.1, 0.15) is 17.9 Å². The van der Waals surface area contributed by atoms with Crippen molar-refractivity contribution in [2.24, 2.45) is 0 Å². The number of rotatable bonds is 10. The van der Waals surface area contributed by atoms with Crippen LogP contribution in [-0.4, -0.2) is 48.7 Å². The van der Waals surface area contributed by atoms with E-state index in [9.17, 15) is 10.1 Å². The lowest BCUT2D eigenvalue weighted by Gasteiger charge is -2.18. The Morgan fingerprint density at radius 2 is 2.07 bits per heavy atom. The zero-order chi connectivity index (χ0) is 29.3. The largest absolute Gasteiger partial charge is 0.486 e. The van der Waals surface area contributed by atoms with Crippen LogP contribution in [0.1, 0.15) is 23.1 Å². The molecule has 3 aromatic carbocycles. The summed E-state index contributed by atoms with van der Waals surface area (Å²) in [5.41, 5.74) is 4.62. The van der Waals surface area contributed by atoms with Gasteiger partial charge in [-0.15, -0.1) is 6.42 Å². The van der Waals surface area contributed by atoms with Crippen LogP contribution < -0.4 is 15.4 Å². The first-order chi connectivity index (χ1) is 20.5. The first kappa shape index (κ1) is 28.4. The van der Waals surface area contributed by atoms with Gasteiger partial charge in [0.25, 0.3) is 0 Å². The molecule has 1 aliphatic heterocycles. The number of hydrogen-bond donors (Lipinski definition) is 2. The summed E-state index contributed by atoms with van der Waals surface area (Å²) in [6.45, 7) is 2.46. The van der Waals surface area contributed by atoms with E-state index in [4.69, 9.17) is 15.9 Å². The van der Waals surface area contributed by atoms with Crippen LogP contribution in [0.4, 0.5) is 17.1 Å². The lowest BCUT2D eigenvalue weighted by atomic mass is 10.1. The van der Waals surface area contributed by atoms with Gasteiger partial charge in [-0.1, -0.05) is 48.4 Å². The molecule has 2 heterocycles. The number of anilines is 3. The van der Waals surface area contributed by atoms with E-state index in [1.807, 2.05) is 55.6 Å². The van der Waals surface area contributed by atoms with E-state index in [-0.39, 0.29) is 12.0 Å². The number of amides is 1. The smallest absolute Gasteiger partial charge is 0.248 e. The minimum Gasteiger partial charge on any atom is -0.486 e. The molecule has 1 aliphatic rings. The molecule has 5 rings (SSSR count). The molecule has 0 radical (unpaired) electrons. The molecule has 0 saturated carbocycles. The van der Waals surface area contributed by atoms with Crippen molar-refractivity contribution in [2.75, 3.05) is 37.4 Å². The Morgan fingerprint density at radius 3 is 2.83 bits per heavy atom. The highest BCUT2D eigenvalue weighted by Crippen LogP contribution is 2.37. The van der Waals surface area contributed by atoms with E-state index in [2.05, 4.69) is 44.6 Å². The molecular weight excluding hydrogens is 526 g/mol. The number of hydrogen-bond acceptors (Lipinski definition) is 7. The maximum atomic E-state index is 13.0. The summed E-state index contributed by atoms with van der Waals surface area (Å²) >= 11 is 0. The fourth-order valence-electron chi connectivity index (χ4n) is 4.72. The lowest BCUT2D eigenvalue weighted by Crippen LogP contribution is -2.19. The van der Waals surface area contributed by atoms with Crippen molar-refractivity contribution >= 4 is 33.9 Å². The van der Waals surface area contributed by atoms with Crippen LogP contribution in [0, 0.1) is 23.7 Å². The normalized spacial score (nSPS) is 14.5. The molecule has 0 bridgehead atoms. The number of terminal acetylenes is 1. The first-order valence-electron chi connectivity index (χ1n) is 13.7. The Hall–Kier alpha value is -5.15. The molecule has 0 aliphatic carbocycles. The summed E-state index contributed by atoms with van der Waals surface area (Å²) in [4.78, 5) is 19.7. The van der Waals surface area contributed by atoms with Gasteiger partial charge < -0.3 is 20.1 Å². The Kier molecular flexibility index (Phi) is 9.10. The van der Waals surface area contributed by atoms with Crippen molar-refractivity contribution in [1.29, 1.82) is 5.26 Å². The third-order valence-electron chi connectivity index (χ3n) is 6.81. The maximum absolute atomic E-state index is 13.0. The number of fused-ring (bicyclic) bond motifs is 1. The van der Waals surface area contributed by atoms with Crippen LogP contribution >= 0.6 is 0 Å². The zero-order valence-electron chi connectivity index (χ0n) is 23.3. The van der Waals surface area contributed by atoms with E-state index in [1.165, 1.54) is 17.8 Å². The second-order valence-electron chi connectivity index (χ2n) is 10.1. The third-order valence-corrected chi connectivity index (χ3v) is 6.81. The van der Waals surface area contributed by atoms with E-state index in [0.29, 0.717) is 58.9 Å². The van der Waals surface area contributed by atoms with Crippen LogP contribution in [0.5, 0.6) is 5.75 Å². The average molecular weight is 558 g/mol. The molecule has 2 N–H and O–H groups in total. The number of carbonyl (C=O) groups is 1. The Morgan fingerprint density at radius 1 is 1.21 bits per heavy atom. The first-order valence-corrected chi connectivity index (χ1v) is 13.7. The second-order valence-corrected chi connectivity index (χ2v) is 10.1. The van der Waals surface area contributed by atoms with Crippen LogP contribution in [0.25, 0.3) is 10.9 Å². The molecule has 1 aromatic heterocycles. The van der Waals surface area contributed by atoms with Gasteiger partial charge in [0.2, 0.25) is 5.91 Å². The summed E-state index contributed by atoms with van der Waals surface area (Å²) in [5, 5.41) is 16.8. The minimum absolute atomic E-state index is 0.136. The highest BCUT2D eigenvalue weighted by molar-refractivity contribution is 6.04. The topological polar surface area (TPSA) is 99.5 Å². The van der Waals surface area contributed by atoms with Crippen LogP contribution in [0.3, 0.4) is 0 Å². The van der Waals surface area contributed by atoms with E-state index in [1.54, 1.807) is 12.1 Å². The van der Waals surface area contributed by atoms with E-state index >= 15 is 0 Å². The highest BCUT2D eigenvalue weighted by Gasteiger charge is 2.21. The molecule has 42 heavy (non-hydrogen) atoms. The standard InChI is InChI=1S/C34H31N5O3/c1-3-24-11-7-12-27(17-24)37-34-26(20-35)21-36-30-19-32(42-28-14-16-41-23-28)31(18-29(30)34)38-33(40)13-8-15-39(2)22-25-9-5-4-6-10-25/h1,4-13,17-19,21,28H,14-16,22-23H2,2H3,(H,36,37)(H,38,40). The average Bonchev–Trinajstić information content (AvgIpc) is 3.51. The number of carbonyl (C=O) groups excluding carboxylic acids is 1. The predicted molar refractivity (Wildman–Crippen MR) is 165 cm³/mol. The van der Waals surface area contributed by atoms with Crippen molar-refractivity contribution < 1.29 is 14.3 Å². The molecule has 210 valence electrons. The number of ether oxygens (including phenoxy) is 2. The number of likely N-dealkylation sites (N-methyl/N-ethyl adjacent to an activating group) is 1. The quantitative estimate of drug-likeness (QED) is 0.193. The van der Waals surface area contributed by atoms with Gasteiger partial charge in [0, 0.05) is 54.5 Å². The van der Waals surface area contributed by atoms with E-state index in [0.717, 1.165) is 18.7 Å². The van der Waals surface area contributed by atoms with Crippen LogP contribution in [-0.2, 0) is 16.1 Å². The molecule has 1 saturated heterocycles. The molecular formula is C34H31N5O3. The minimum atomic E-state index is -0.296. The fourth-order valence-corrected chi connectivity index (χ4v) is 4.72. The molecule has 8 nitrogen and oxygen atoms in total.